The Bertz CT molecular complexity index is 826. The molecule has 22 heavy (non-hydrogen) atoms. The lowest BCUT2D eigenvalue weighted by Crippen LogP contribution is -2.23. The number of aliphatic hydroxyl groups excluding tert-OH is 1. The summed E-state index contributed by atoms with van der Waals surface area (Å²) in [7, 11) is 1.81. The summed E-state index contributed by atoms with van der Waals surface area (Å²) in [6.07, 6.45) is 0. The summed E-state index contributed by atoms with van der Waals surface area (Å²) in [6, 6.07) is 12.8. The zero-order valence-corrected chi connectivity index (χ0v) is 12.2. The second-order valence-corrected chi connectivity index (χ2v) is 5.03. The van der Waals surface area contributed by atoms with Gasteiger partial charge in [0.15, 0.2) is 0 Å². The number of benzene rings is 2. The second-order valence-electron chi connectivity index (χ2n) is 5.03. The molecule has 0 aliphatic heterocycles. The monoisotopic (exact) mass is 296 g/mol. The molecule has 112 valence electrons. The summed E-state index contributed by atoms with van der Waals surface area (Å²) in [5, 5.41) is 20.1. The molecule has 0 radical (unpaired) electrons. The predicted octanol–water partition coefficient (Wildman–Crippen LogP) is 1.39. The molecule has 2 aromatic carbocycles. The Hall–Kier alpha value is -2.73. The van der Waals surface area contributed by atoms with E-state index in [0.717, 1.165) is 16.6 Å². The highest BCUT2D eigenvalue weighted by Crippen LogP contribution is 2.13. The van der Waals surface area contributed by atoms with Crippen LogP contribution in [0.25, 0.3) is 11.0 Å². The zero-order chi connectivity index (χ0) is 15.5. The first-order valence-corrected chi connectivity index (χ1v) is 6.94. The van der Waals surface area contributed by atoms with Crippen LogP contribution in [0.4, 0.5) is 0 Å². The number of aromatic nitrogens is 3. The number of fused-ring (bicyclic) bond motifs is 1. The second kappa shape index (κ2) is 5.95. The summed E-state index contributed by atoms with van der Waals surface area (Å²) in [5.74, 6) is -0.180. The van der Waals surface area contributed by atoms with Gasteiger partial charge >= 0.3 is 0 Å². The van der Waals surface area contributed by atoms with Crippen LogP contribution in [0, 0.1) is 0 Å². The van der Waals surface area contributed by atoms with Crippen molar-refractivity contribution in [1.29, 1.82) is 0 Å². The number of hydrogen-bond acceptors (Lipinski definition) is 4. The average Bonchev–Trinajstić information content (AvgIpc) is 2.93. The van der Waals surface area contributed by atoms with E-state index in [2.05, 4.69) is 15.6 Å². The number of hydrogen-bond donors (Lipinski definition) is 2. The lowest BCUT2D eigenvalue weighted by Gasteiger charge is -2.09. The largest absolute Gasteiger partial charge is 0.392 e. The number of carbonyl (C=O) groups excluding carboxylic acids is 1. The Morgan fingerprint density at radius 1 is 1.23 bits per heavy atom. The molecule has 1 amide bonds. The van der Waals surface area contributed by atoms with Crippen LogP contribution in [-0.2, 0) is 20.2 Å². The van der Waals surface area contributed by atoms with Gasteiger partial charge in [-0.1, -0.05) is 29.5 Å². The molecular weight excluding hydrogens is 280 g/mol. The smallest absolute Gasteiger partial charge is 0.251 e. The molecule has 3 aromatic rings. The molecule has 0 unspecified atom stereocenters. The maximum absolute atomic E-state index is 12.2. The highest BCUT2D eigenvalue weighted by atomic mass is 16.3. The molecule has 0 atom stereocenters. The van der Waals surface area contributed by atoms with E-state index in [9.17, 15) is 9.90 Å². The number of nitrogens with zero attached hydrogens (tertiary/aromatic N) is 3. The molecule has 0 fully saturated rings. The van der Waals surface area contributed by atoms with Crippen molar-refractivity contribution in [2.45, 2.75) is 13.2 Å². The Morgan fingerprint density at radius 3 is 2.77 bits per heavy atom. The molecule has 0 saturated heterocycles. The van der Waals surface area contributed by atoms with E-state index in [1.807, 2.05) is 30.3 Å². The number of aliphatic hydroxyl groups is 1. The van der Waals surface area contributed by atoms with Gasteiger partial charge in [0.25, 0.3) is 5.91 Å². The van der Waals surface area contributed by atoms with Crippen LogP contribution in [0.5, 0.6) is 0 Å². The molecule has 1 aromatic heterocycles. The molecule has 0 saturated carbocycles. The van der Waals surface area contributed by atoms with Gasteiger partial charge in [-0.05, 0) is 29.3 Å². The predicted molar refractivity (Wildman–Crippen MR) is 82.0 cm³/mol. The van der Waals surface area contributed by atoms with Crippen LogP contribution in [0.3, 0.4) is 0 Å². The number of amides is 1. The summed E-state index contributed by atoms with van der Waals surface area (Å²) < 4.78 is 1.66. The normalized spacial score (nSPS) is 10.8. The fourth-order valence-electron chi connectivity index (χ4n) is 2.34. The van der Waals surface area contributed by atoms with E-state index in [1.165, 1.54) is 0 Å². The highest BCUT2D eigenvalue weighted by Gasteiger charge is 2.09. The van der Waals surface area contributed by atoms with Gasteiger partial charge in [-0.2, -0.15) is 0 Å². The Kier molecular flexibility index (Phi) is 3.84. The Morgan fingerprint density at radius 2 is 2.00 bits per heavy atom. The van der Waals surface area contributed by atoms with Crippen molar-refractivity contribution in [3.63, 3.8) is 0 Å². The summed E-state index contributed by atoms with van der Waals surface area (Å²) >= 11 is 0. The number of rotatable bonds is 4. The molecule has 6 heteroatoms. The third kappa shape index (κ3) is 2.68. The van der Waals surface area contributed by atoms with Gasteiger partial charge < -0.3 is 10.4 Å². The number of carbonyl (C=O) groups is 1. The van der Waals surface area contributed by atoms with E-state index in [1.54, 1.807) is 23.9 Å². The van der Waals surface area contributed by atoms with Crippen LogP contribution in [-0.4, -0.2) is 26.0 Å². The fraction of sp³-hybridized carbons (Fsp3) is 0.188. The van der Waals surface area contributed by atoms with Crippen molar-refractivity contribution in [2.24, 2.45) is 7.05 Å². The third-order valence-corrected chi connectivity index (χ3v) is 3.60. The average molecular weight is 296 g/mol. The minimum atomic E-state index is -0.180. The van der Waals surface area contributed by atoms with E-state index in [0.29, 0.717) is 17.6 Å². The van der Waals surface area contributed by atoms with E-state index in [-0.39, 0.29) is 12.5 Å². The van der Waals surface area contributed by atoms with Crippen molar-refractivity contribution < 1.29 is 9.90 Å². The maximum Gasteiger partial charge on any atom is 0.251 e. The topological polar surface area (TPSA) is 80.0 Å². The summed E-state index contributed by atoms with van der Waals surface area (Å²) in [6.45, 7) is 0.325. The van der Waals surface area contributed by atoms with Gasteiger partial charge in [-0.25, -0.2) is 4.68 Å². The molecule has 0 aliphatic carbocycles. The quantitative estimate of drug-likeness (QED) is 0.762. The van der Waals surface area contributed by atoms with E-state index >= 15 is 0 Å². The first-order chi connectivity index (χ1) is 10.7. The van der Waals surface area contributed by atoms with Crippen molar-refractivity contribution in [1.82, 2.24) is 20.3 Å². The van der Waals surface area contributed by atoms with Crippen molar-refractivity contribution >= 4 is 16.9 Å². The lowest BCUT2D eigenvalue weighted by molar-refractivity contribution is 0.0950. The fourth-order valence-corrected chi connectivity index (χ4v) is 2.34. The molecule has 3 rings (SSSR count). The van der Waals surface area contributed by atoms with Crippen LogP contribution in [0.2, 0.25) is 0 Å². The first kappa shape index (κ1) is 14.2. The van der Waals surface area contributed by atoms with Gasteiger partial charge in [-0.3, -0.25) is 4.79 Å². The van der Waals surface area contributed by atoms with Crippen molar-refractivity contribution in [3.05, 3.63) is 59.2 Å². The maximum atomic E-state index is 12.2. The van der Waals surface area contributed by atoms with Gasteiger partial charge in [-0.15, -0.1) is 5.10 Å². The standard InChI is InChI=1S/C16H16N4O2/c1-20-15-7-6-11(8-14(15)18-19-20)16(22)17-9-12-4-2-3-5-13(12)10-21/h2-8,21H,9-10H2,1H3,(H,17,22). The SMILES string of the molecule is Cn1nnc2cc(C(=O)NCc3ccccc3CO)ccc21. The van der Waals surface area contributed by atoms with E-state index < -0.39 is 0 Å². The first-order valence-electron chi connectivity index (χ1n) is 6.94. The van der Waals surface area contributed by atoms with Gasteiger partial charge in [0.05, 0.1) is 12.1 Å². The minimum Gasteiger partial charge on any atom is -0.392 e. The van der Waals surface area contributed by atoms with Crippen LogP contribution >= 0.6 is 0 Å². The van der Waals surface area contributed by atoms with Crippen LogP contribution in [0.15, 0.2) is 42.5 Å². The molecule has 2 N–H and O–H groups in total. The zero-order valence-electron chi connectivity index (χ0n) is 12.2. The van der Waals surface area contributed by atoms with Crippen molar-refractivity contribution in [3.8, 4) is 0 Å². The molecular formula is C16H16N4O2. The summed E-state index contributed by atoms with van der Waals surface area (Å²) in [4.78, 5) is 12.2. The van der Waals surface area contributed by atoms with Crippen LogP contribution < -0.4 is 5.32 Å². The van der Waals surface area contributed by atoms with E-state index in [4.69, 9.17) is 0 Å². The highest BCUT2D eigenvalue weighted by molar-refractivity contribution is 5.97. The molecule has 1 heterocycles. The Balaban J connectivity index is 1.75. The van der Waals surface area contributed by atoms with Crippen molar-refractivity contribution in [2.75, 3.05) is 0 Å². The summed E-state index contributed by atoms with van der Waals surface area (Å²) in [5.41, 5.74) is 3.81. The molecule has 0 bridgehead atoms. The molecule has 0 spiro atoms. The molecule has 0 aliphatic rings. The van der Waals surface area contributed by atoms with Crippen LogP contribution in [0.1, 0.15) is 21.5 Å². The number of aryl methyl sites for hydroxylation is 1. The number of nitrogens with one attached hydrogen (secondary N) is 1. The van der Waals surface area contributed by atoms with Gasteiger partial charge in [0.1, 0.15) is 5.52 Å². The minimum absolute atomic E-state index is 0.0440. The van der Waals surface area contributed by atoms with Gasteiger partial charge in [0.2, 0.25) is 0 Å². The third-order valence-electron chi connectivity index (χ3n) is 3.60. The Labute approximate surface area is 127 Å². The van der Waals surface area contributed by atoms with Gasteiger partial charge in [0, 0.05) is 19.2 Å². The lowest BCUT2D eigenvalue weighted by atomic mass is 10.1. The molecule has 6 nitrogen and oxygen atoms in total.